The highest BCUT2D eigenvalue weighted by Gasteiger charge is 2.24. The number of phenolic OH excluding ortho intramolecular Hbond substituents is 2. The van der Waals surface area contributed by atoms with Crippen molar-refractivity contribution in [2.24, 2.45) is 0 Å². The molecule has 184 valence electrons. The number of halogens is 2. The van der Waals surface area contributed by atoms with E-state index < -0.39 is 18.6 Å². The summed E-state index contributed by atoms with van der Waals surface area (Å²) in [6.45, 7) is 3.25. The minimum Gasteiger partial charge on any atom is -0.508 e. The van der Waals surface area contributed by atoms with E-state index in [0.717, 1.165) is 11.3 Å². The number of hydrogen-bond donors (Lipinski definition) is 3. The van der Waals surface area contributed by atoms with Crippen molar-refractivity contribution in [1.29, 1.82) is 0 Å². The Labute approximate surface area is 211 Å². The first-order valence-electron chi connectivity index (χ1n) is 10.6. The van der Waals surface area contributed by atoms with Gasteiger partial charge in [0.05, 0.1) is 15.7 Å². The molecule has 0 bridgehead atoms. The first-order chi connectivity index (χ1) is 16.6. The molecule has 8 nitrogen and oxygen atoms in total. The second-order valence-corrected chi connectivity index (χ2v) is 8.53. The summed E-state index contributed by atoms with van der Waals surface area (Å²) < 4.78 is 11.1. The van der Waals surface area contributed by atoms with Crippen LogP contribution < -0.4 is 14.4 Å². The number of carbonyl (C=O) groups excluding carboxylic acids is 1. The van der Waals surface area contributed by atoms with E-state index in [4.69, 9.17) is 32.7 Å². The number of ether oxygens (including phenoxy) is 2. The maximum atomic E-state index is 12.7. The van der Waals surface area contributed by atoms with Crippen LogP contribution in [-0.2, 0) is 4.79 Å². The lowest BCUT2D eigenvalue weighted by atomic mass is 9.97. The fraction of sp³-hybridized carbons (Fsp3) is 0.200. The third-order valence-corrected chi connectivity index (χ3v) is 5.77. The number of anilines is 1. The first kappa shape index (κ1) is 26.0. The Hall–Kier alpha value is -3.62. The van der Waals surface area contributed by atoms with Gasteiger partial charge in [-0.2, -0.15) is 0 Å². The lowest BCUT2D eigenvalue weighted by Gasteiger charge is -2.22. The molecule has 0 aliphatic carbocycles. The van der Waals surface area contributed by atoms with Crippen LogP contribution in [0.5, 0.6) is 28.7 Å². The maximum Gasteiger partial charge on any atom is 0.420 e. The molecule has 1 amide bonds. The fourth-order valence-corrected chi connectivity index (χ4v) is 3.75. The SMILES string of the molecule is CCC(C)c1cc(Oc2c(Cl)cc(N(CC(=O)O)C(=O)Oc3ccc(O)cc3)cc2Cl)ccc1O. The van der Waals surface area contributed by atoms with Crippen LogP contribution in [0.15, 0.2) is 54.6 Å². The van der Waals surface area contributed by atoms with Crippen LogP contribution in [0.2, 0.25) is 10.0 Å². The summed E-state index contributed by atoms with van der Waals surface area (Å²) in [7, 11) is 0. The van der Waals surface area contributed by atoms with Gasteiger partial charge < -0.3 is 24.8 Å². The zero-order chi connectivity index (χ0) is 25.7. The normalized spacial score (nSPS) is 11.5. The monoisotopic (exact) mass is 519 g/mol. The average molecular weight is 520 g/mol. The number of carbonyl (C=O) groups is 2. The number of amides is 1. The average Bonchev–Trinajstić information content (AvgIpc) is 2.81. The lowest BCUT2D eigenvalue weighted by Crippen LogP contribution is -2.37. The Balaban J connectivity index is 1.90. The van der Waals surface area contributed by atoms with Crippen molar-refractivity contribution in [2.75, 3.05) is 11.4 Å². The second-order valence-electron chi connectivity index (χ2n) is 7.71. The van der Waals surface area contributed by atoms with E-state index in [0.29, 0.717) is 11.3 Å². The predicted molar refractivity (Wildman–Crippen MR) is 132 cm³/mol. The van der Waals surface area contributed by atoms with Crippen molar-refractivity contribution >= 4 is 41.0 Å². The zero-order valence-electron chi connectivity index (χ0n) is 18.9. The van der Waals surface area contributed by atoms with Gasteiger partial charge in [0.25, 0.3) is 0 Å². The van der Waals surface area contributed by atoms with Gasteiger partial charge in [-0.1, -0.05) is 37.0 Å². The highest BCUT2D eigenvalue weighted by Crippen LogP contribution is 2.41. The molecule has 0 heterocycles. The van der Waals surface area contributed by atoms with E-state index in [1.54, 1.807) is 12.1 Å². The van der Waals surface area contributed by atoms with Crippen molar-refractivity contribution in [1.82, 2.24) is 0 Å². The highest BCUT2D eigenvalue weighted by atomic mass is 35.5. The predicted octanol–water partition coefficient (Wildman–Crippen LogP) is 6.80. The molecule has 3 aromatic carbocycles. The molecule has 10 heteroatoms. The molecule has 0 fully saturated rings. The van der Waals surface area contributed by atoms with E-state index in [1.807, 2.05) is 13.8 Å². The van der Waals surface area contributed by atoms with Crippen LogP contribution in [0.4, 0.5) is 10.5 Å². The lowest BCUT2D eigenvalue weighted by molar-refractivity contribution is -0.135. The van der Waals surface area contributed by atoms with Crippen molar-refractivity contribution in [3.05, 3.63) is 70.2 Å². The van der Waals surface area contributed by atoms with Crippen LogP contribution in [-0.4, -0.2) is 33.9 Å². The summed E-state index contributed by atoms with van der Waals surface area (Å²) in [6, 6.07) is 12.8. The molecule has 0 aliphatic heterocycles. The standard InChI is InChI=1S/C25H23Cl2NO7/c1-3-14(2)19-12-18(8-9-22(19)30)34-24-20(26)10-15(11-21(24)27)28(13-23(31)32)25(33)35-17-6-4-16(29)5-7-17/h4-12,14,29-30H,3,13H2,1-2H3,(H,31,32). The number of hydrogen-bond acceptors (Lipinski definition) is 6. The van der Waals surface area contributed by atoms with Gasteiger partial charge in [-0.15, -0.1) is 0 Å². The van der Waals surface area contributed by atoms with Crippen LogP contribution in [0.25, 0.3) is 0 Å². The van der Waals surface area contributed by atoms with Gasteiger partial charge in [0.15, 0.2) is 5.75 Å². The number of carboxylic acids is 1. The minimum atomic E-state index is -1.29. The van der Waals surface area contributed by atoms with Gasteiger partial charge in [0, 0.05) is 5.56 Å². The maximum absolute atomic E-state index is 12.7. The molecule has 0 aromatic heterocycles. The van der Waals surface area contributed by atoms with Gasteiger partial charge in [0.1, 0.15) is 29.5 Å². The summed E-state index contributed by atoms with van der Waals surface area (Å²) in [4.78, 5) is 25.0. The van der Waals surface area contributed by atoms with E-state index in [-0.39, 0.29) is 44.6 Å². The number of nitrogens with zero attached hydrogens (tertiary/aromatic N) is 1. The third-order valence-electron chi connectivity index (χ3n) is 5.21. The Morgan fingerprint density at radius 1 is 0.971 bits per heavy atom. The van der Waals surface area contributed by atoms with Crippen LogP contribution in [0.1, 0.15) is 31.7 Å². The number of rotatable bonds is 8. The van der Waals surface area contributed by atoms with E-state index in [1.165, 1.54) is 42.5 Å². The van der Waals surface area contributed by atoms with Crippen molar-refractivity contribution < 1.29 is 34.4 Å². The Bertz CT molecular complexity index is 1210. The summed E-state index contributed by atoms with van der Waals surface area (Å²) >= 11 is 12.8. The van der Waals surface area contributed by atoms with Gasteiger partial charge >= 0.3 is 12.1 Å². The molecule has 0 spiro atoms. The second kappa shape index (κ2) is 11.2. The molecule has 1 atom stereocenters. The van der Waals surface area contributed by atoms with Gasteiger partial charge in [0.2, 0.25) is 0 Å². The van der Waals surface area contributed by atoms with Gasteiger partial charge in [-0.25, -0.2) is 4.79 Å². The number of aromatic hydroxyl groups is 2. The summed E-state index contributed by atoms with van der Waals surface area (Å²) in [5, 5.41) is 28.9. The van der Waals surface area contributed by atoms with Crippen molar-refractivity contribution in [3.63, 3.8) is 0 Å². The first-order valence-corrected chi connectivity index (χ1v) is 11.3. The molecule has 0 saturated carbocycles. The molecule has 35 heavy (non-hydrogen) atoms. The van der Waals surface area contributed by atoms with Gasteiger partial charge in [-0.3, -0.25) is 9.69 Å². The number of benzene rings is 3. The molecule has 0 aliphatic rings. The molecule has 3 aromatic rings. The van der Waals surface area contributed by atoms with Crippen LogP contribution in [0.3, 0.4) is 0 Å². The fourth-order valence-electron chi connectivity index (χ4n) is 3.20. The van der Waals surface area contributed by atoms with E-state index >= 15 is 0 Å². The van der Waals surface area contributed by atoms with E-state index in [9.17, 15) is 24.9 Å². The molecule has 0 saturated heterocycles. The molecule has 3 N–H and O–H groups in total. The van der Waals surface area contributed by atoms with Crippen molar-refractivity contribution in [2.45, 2.75) is 26.2 Å². The number of carboxylic acid groups (broad SMARTS) is 1. The van der Waals surface area contributed by atoms with Crippen LogP contribution in [0, 0.1) is 0 Å². The number of aliphatic carboxylic acids is 1. The molecular weight excluding hydrogens is 497 g/mol. The molecule has 3 rings (SSSR count). The minimum absolute atomic E-state index is 0.0220. The molecule has 1 unspecified atom stereocenters. The quantitative estimate of drug-likeness (QED) is 0.299. The highest BCUT2D eigenvalue weighted by molar-refractivity contribution is 6.37. The summed E-state index contributed by atoms with van der Waals surface area (Å²) in [6.07, 6.45) is -0.178. The summed E-state index contributed by atoms with van der Waals surface area (Å²) in [5.41, 5.74) is 0.781. The van der Waals surface area contributed by atoms with Crippen LogP contribution >= 0.6 is 23.2 Å². The largest absolute Gasteiger partial charge is 0.508 e. The Morgan fingerprint density at radius 3 is 2.14 bits per heavy atom. The molecular formula is C25H23Cl2NO7. The van der Waals surface area contributed by atoms with E-state index in [2.05, 4.69) is 0 Å². The summed E-state index contributed by atoms with van der Waals surface area (Å²) in [5.74, 6) is -0.478. The Morgan fingerprint density at radius 2 is 1.57 bits per heavy atom. The zero-order valence-corrected chi connectivity index (χ0v) is 20.4. The third kappa shape index (κ3) is 6.49. The number of phenols is 2. The van der Waals surface area contributed by atoms with Gasteiger partial charge in [-0.05, 0) is 66.9 Å². The molecule has 0 radical (unpaired) electrons. The van der Waals surface area contributed by atoms with Crippen molar-refractivity contribution in [3.8, 4) is 28.7 Å². The Kier molecular flexibility index (Phi) is 8.32. The topological polar surface area (TPSA) is 117 Å². The smallest absolute Gasteiger partial charge is 0.420 e.